The van der Waals surface area contributed by atoms with Gasteiger partial charge in [-0.3, -0.25) is 0 Å². The quantitative estimate of drug-likeness (QED) is 0.580. The third-order valence-electron chi connectivity index (χ3n) is 4.01. The first-order valence-corrected chi connectivity index (χ1v) is 13.4. The van der Waals surface area contributed by atoms with Gasteiger partial charge in [0.1, 0.15) is 10.6 Å². The van der Waals surface area contributed by atoms with Crippen molar-refractivity contribution in [3.63, 3.8) is 0 Å². The number of hydrogen-bond acceptors (Lipinski definition) is 6. The SMILES string of the molecule is CC(C)(O)c1nc(CCO[Si](C)(C)C(C)(C)C)c(S(=O)(=O)Cl)s1. The number of rotatable bonds is 6. The number of halogens is 1. The molecule has 0 fully saturated rings. The Kier molecular flexibility index (Phi) is 6.15. The van der Waals surface area contributed by atoms with Gasteiger partial charge in [-0.2, -0.15) is 0 Å². The average Bonchev–Trinajstić information content (AvgIpc) is 2.70. The van der Waals surface area contributed by atoms with Gasteiger partial charge in [-0.25, -0.2) is 13.4 Å². The predicted octanol–water partition coefficient (Wildman–Crippen LogP) is 3.86. The fourth-order valence-electron chi connectivity index (χ4n) is 1.57. The minimum absolute atomic E-state index is 0.00452. The maximum absolute atomic E-state index is 11.7. The Balaban J connectivity index is 2.99. The second kappa shape index (κ2) is 6.72. The van der Waals surface area contributed by atoms with Crippen molar-refractivity contribution in [3.8, 4) is 0 Å². The standard InChI is InChI=1S/C14H26ClNO4S2Si/c1-13(2,3)23(6,7)20-9-8-10-11(22(15,18)19)21-12(16-10)14(4,5)17/h17H,8-9H2,1-7H3. The summed E-state index contributed by atoms with van der Waals surface area (Å²) in [5.74, 6) is 0. The average molecular weight is 400 g/mol. The molecule has 0 amide bonds. The van der Waals surface area contributed by atoms with Crippen LogP contribution in [0.15, 0.2) is 4.21 Å². The number of nitrogens with zero attached hydrogens (tertiary/aromatic N) is 1. The van der Waals surface area contributed by atoms with E-state index in [0.29, 0.717) is 23.7 Å². The highest BCUT2D eigenvalue weighted by Gasteiger charge is 2.37. The van der Waals surface area contributed by atoms with E-state index in [0.717, 1.165) is 11.3 Å². The Morgan fingerprint density at radius 1 is 1.26 bits per heavy atom. The van der Waals surface area contributed by atoms with Gasteiger partial charge in [-0.15, -0.1) is 11.3 Å². The fourth-order valence-corrected chi connectivity index (χ4v) is 5.07. The Morgan fingerprint density at radius 3 is 2.17 bits per heavy atom. The molecule has 0 aliphatic carbocycles. The molecule has 0 unspecified atom stereocenters. The topological polar surface area (TPSA) is 76.5 Å². The first-order chi connectivity index (χ1) is 10.1. The largest absolute Gasteiger partial charge is 0.416 e. The van der Waals surface area contributed by atoms with Gasteiger partial charge in [0.15, 0.2) is 12.5 Å². The molecule has 0 spiro atoms. The molecule has 0 saturated heterocycles. The summed E-state index contributed by atoms with van der Waals surface area (Å²) in [6, 6.07) is 0. The van der Waals surface area contributed by atoms with Gasteiger partial charge in [0.25, 0.3) is 9.05 Å². The van der Waals surface area contributed by atoms with Gasteiger partial charge in [0.05, 0.1) is 5.69 Å². The highest BCUT2D eigenvalue weighted by Crippen LogP contribution is 2.37. The summed E-state index contributed by atoms with van der Waals surface area (Å²) >= 11 is 0.912. The van der Waals surface area contributed by atoms with Crippen LogP contribution in [0.5, 0.6) is 0 Å². The van der Waals surface area contributed by atoms with Crippen LogP contribution in [0.3, 0.4) is 0 Å². The summed E-state index contributed by atoms with van der Waals surface area (Å²) in [5.41, 5.74) is -0.847. The molecule has 0 bridgehead atoms. The molecule has 1 aromatic heterocycles. The Bertz CT molecular complexity index is 657. The smallest absolute Gasteiger partial charge is 0.272 e. The zero-order valence-electron chi connectivity index (χ0n) is 14.7. The maximum atomic E-state index is 11.7. The van der Waals surface area contributed by atoms with Gasteiger partial charge in [-0.1, -0.05) is 20.8 Å². The van der Waals surface area contributed by atoms with Crippen molar-refractivity contribution in [2.75, 3.05) is 6.61 Å². The van der Waals surface area contributed by atoms with Crippen LogP contribution in [0, 0.1) is 0 Å². The number of hydrogen-bond donors (Lipinski definition) is 1. The lowest BCUT2D eigenvalue weighted by Gasteiger charge is -2.36. The van der Waals surface area contributed by atoms with Gasteiger partial charge < -0.3 is 9.53 Å². The summed E-state index contributed by atoms with van der Waals surface area (Å²) in [6.07, 6.45) is 0.348. The van der Waals surface area contributed by atoms with E-state index < -0.39 is 23.0 Å². The molecule has 0 radical (unpaired) electrons. The van der Waals surface area contributed by atoms with Crippen molar-refractivity contribution in [2.45, 2.75) is 69.0 Å². The van der Waals surface area contributed by atoms with Gasteiger partial charge in [0, 0.05) is 23.7 Å². The van der Waals surface area contributed by atoms with Gasteiger partial charge in [-0.05, 0) is 32.0 Å². The molecule has 0 saturated carbocycles. The molecular formula is C14H26ClNO4S2Si. The zero-order chi connectivity index (χ0) is 18.3. The van der Waals surface area contributed by atoms with Crippen molar-refractivity contribution in [1.29, 1.82) is 0 Å². The third-order valence-corrected chi connectivity index (χ3v) is 12.1. The van der Waals surface area contributed by atoms with Crippen LogP contribution >= 0.6 is 22.0 Å². The molecule has 9 heteroatoms. The van der Waals surface area contributed by atoms with Crippen LogP contribution in [0.4, 0.5) is 0 Å². The van der Waals surface area contributed by atoms with E-state index in [1.807, 2.05) is 0 Å². The van der Waals surface area contributed by atoms with E-state index in [4.69, 9.17) is 15.1 Å². The molecule has 1 heterocycles. The van der Waals surface area contributed by atoms with Crippen LogP contribution in [-0.2, 0) is 25.5 Å². The van der Waals surface area contributed by atoms with Crippen molar-refractivity contribution in [1.82, 2.24) is 4.98 Å². The summed E-state index contributed by atoms with van der Waals surface area (Å²) < 4.78 is 29.5. The van der Waals surface area contributed by atoms with Gasteiger partial charge >= 0.3 is 0 Å². The van der Waals surface area contributed by atoms with E-state index in [1.165, 1.54) is 0 Å². The van der Waals surface area contributed by atoms with Crippen LogP contribution < -0.4 is 0 Å². The van der Waals surface area contributed by atoms with Crippen LogP contribution in [0.25, 0.3) is 0 Å². The minimum Gasteiger partial charge on any atom is -0.416 e. The highest BCUT2D eigenvalue weighted by molar-refractivity contribution is 8.15. The fraction of sp³-hybridized carbons (Fsp3) is 0.786. The second-order valence-electron chi connectivity index (χ2n) is 7.61. The molecule has 0 aliphatic rings. The van der Waals surface area contributed by atoms with Gasteiger partial charge in [0.2, 0.25) is 0 Å². The van der Waals surface area contributed by atoms with E-state index >= 15 is 0 Å². The molecular weight excluding hydrogens is 374 g/mol. The van der Waals surface area contributed by atoms with E-state index in [9.17, 15) is 13.5 Å². The Morgan fingerprint density at radius 2 is 1.78 bits per heavy atom. The molecule has 1 N–H and O–H groups in total. The molecule has 1 rings (SSSR count). The molecule has 0 aromatic carbocycles. The van der Waals surface area contributed by atoms with E-state index in [2.05, 4.69) is 38.8 Å². The molecule has 0 aliphatic heterocycles. The summed E-state index contributed by atoms with van der Waals surface area (Å²) in [4.78, 5) is 4.27. The minimum atomic E-state index is -3.89. The van der Waals surface area contributed by atoms with E-state index in [-0.39, 0.29) is 9.25 Å². The van der Waals surface area contributed by atoms with Crippen molar-refractivity contribution in [3.05, 3.63) is 10.7 Å². The number of aliphatic hydroxyl groups is 1. The monoisotopic (exact) mass is 399 g/mol. The lowest BCUT2D eigenvalue weighted by molar-refractivity contribution is 0.0780. The van der Waals surface area contributed by atoms with Crippen molar-refractivity contribution >= 4 is 39.4 Å². The number of thiazole rings is 1. The molecule has 0 atom stereocenters. The maximum Gasteiger partial charge on any atom is 0.272 e. The van der Waals surface area contributed by atoms with Crippen LogP contribution in [0.2, 0.25) is 18.1 Å². The lowest BCUT2D eigenvalue weighted by atomic mass is 10.1. The lowest BCUT2D eigenvalue weighted by Crippen LogP contribution is -2.41. The van der Waals surface area contributed by atoms with Crippen LogP contribution in [0.1, 0.15) is 45.3 Å². The first kappa shape index (κ1) is 21.1. The first-order valence-electron chi connectivity index (χ1n) is 7.37. The normalized spacial score (nSPS) is 14.3. The summed E-state index contributed by atoms with van der Waals surface area (Å²) in [7, 11) is -0.305. The van der Waals surface area contributed by atoms with Crippen molar-refractivity contribution < 1.29 is 18.0 Å². The second-order valence-corrected chi connectivity index (χ2v) is 16.2. The van der Waals surface area contributed by atoms with Crippen LogP contribution in [-0.4, -0.2) is 33.4 Å². The van der Waals surface area contributed by atoms with E-state index in [1.54, 1.807) is 13.8 Å². The third kappa shape index (κ3) is 5.50. The Labute approximate surface area is 148 Å². The molecule has 1 aromatic rings. The predicted molar refractivity (Wildman–Crippen MR) is 97.3 cm³/mol. The molecule has 5 nitrogen and oxygen atoms in total. The summed E-state index contributed by atoms with van der Waals surface area (Å²) in [5, 5.41) is 10.5. The Hall–Kier alpha value is 0.00688. The molecule has 134 valence electrons. The number of aromatic nitrogens is 1. The zero-order valence-corrected chi connectivity index (χ0v) is 18.1. The highest BCUT2D eigenvalue weighted by atomic mass is 35.7. The summed E-state index contributed by atoms with van der Waals surface area (Å²) in [6.45, 7) is 14.2. The molecule has 23 heavy (non-hydrogen) atoms. The van der Waals surface area contributed by atoms with Crippen molar-refractivity contribution in [2.24, 2.45) is 0 Å².